The molecule has 0 bridgehead atoms. The SMILES string of the molecule is NC(=O)c1cccnc1-c1cccc2ccccc12. The second-order valence-corrected chi connectivity index (χ2v) is 4.29. The van der Waals surface area contributed by atoms with E-state index in [0.717, 1.165) is 16.3 Å². The number of rotatable bonds is 2. The molecule has 3 rings (SSSR count). The number of pyridine rings is 1. The Morgan fingerprint density at radius 1 is 0.947 bits per heavy atom. The van der Waals surface area contributed by atoms with Gasteiger partial charge in [-0.25, -0.2) is 0 Å². The van der Waals surface area contributed by atoms with E-state index >= 15 is 0 Å². The van der Waals surface area contributed by atoms with E-state index in [0.29, 0.717) is 11.3 Å². The molecule has 1 amide bonds. The smallest absolute Gasteiger partial charge is 0.250 e. The minimum absolute atomic E-state index is 0.443. The quantitative estimate of drug-likeness (QED) is 0.758. The summed E-state index contributed by atoms with van der Waals surface area (Å²) in [7, 11) is 0. The van der Waals surface area contributed by atoms with Crippen LogP contribution < -0.4 is 5.73 Å². The van der Waals surface area contributed by atoms with Gasteiger partial charge in [-0.15, -0.1) is 0 Å². The summed E-state index contributed by atoms with van der Waals surface area (Å²) >= 11 is 0. The number of nitrogens with zero attached hydrogens (tertiary/aromatic N) is 1. The molecule has 0 aliphatic rings. The lowest BCUT2D eigenvalue weighted by molar-refractivity contribution is 0.100. The number of carbonyl (C=O) groups excluding carboxylic acids is 1. The Kier molecular flexibility index (Phi) is 2.72. The first kappa shape index (κ1) is 11.4. The number of hydrogen-bond acceptors (Lipinski definition) is 2. The summed E-state index contributed by atoms with van der Waals surface area (Å²) in [5.41, 5.74) is 7.42. The lowest BCUT2D eigenvalue weighted by atomic mass is 9.99. The normalized spacial score (nSPS) is 10.5. The standard InChI is InChI=1S/C16H12N2O/c17-16(19)14-9-4-10-18-15(14)13-8-3-6-11-5-1-2-7-12(11)13/h1-10H,(H2,17,19). The van der Waals surface area contributed by atoms with Gasteiger partial charge in [0.05, 0.1) is 11.3 Å². The maximum Gasteiger partial charge on any atom is 0.250 e. The molecule has 0 atom stereocenters. The molecule has 0 aliphatic carbocycles. The van der Waals surface area contributed by atoms with Gasteiger partial charge >= 0.3 is 0 Å². The van der Waals surface area contributed by atoms with Crippen molar-refractivity contribution in [1.29, 1.82) is 0 Å². The van der Waals surface area contributed by atoms with Crippen molar-refractivity contribution in [3.63, 3.8) is 0 Å². The predicted octanol–water partition coefficient (Wildman–Crippen LogP) is 3.00. The Labute approximate surface area is 110 Å². The number of carbonyl (C=O) groups is 1. The average molecular weight is 248 g/mol. The number of nitrogens with two attached hydrogens (primary N) is 1. The third kappa shape index (κ3) is 1.95. The summed E-state index contributed by atoms with van der Waals surface area (Å²) in [6.45, 7) is 0. The molecule has 0 spiro atoms. The molecule has 3 nitrogen and oxygen atoms in total. The van der Waals surface area contributed by atoms with Crippen molar-refractivity contribution in [2.75, 3.05) is 0 Å². The van der Waals surface area contributed by atoms with Crippen LogP contribution in [0, 0.1) is 0 Å². The molecule has 92 valence electrons. The fraction of sp³-hybridized carbons (Fsp3) is 0. The largest absolute Gasteiger partial charge is 0.366 e. The van der Waals surface area contributed by atoms with Crippen molar-refractivity contribution in [1.82, 2.24) is 4.98 Å². The van der Waals surface area contributed by atoms with Crippen LogP contribution in [0.2, 0.25) is 0 Å². The van der Waals surface area contributed by atoms with Gasteiger partial charge < -0.3 is 5.73 Å². The summed E-state index contributed by atoms with van der Waals surface area (Å²) < 4.78 is 0. The summed E-state index contributed by atoms with van der Waals surface area (Å²) in [6.07, 6.45) is 1.67. The van der Waals surface area contributed by atoms with Gasteiger partial charge in [0, 0.05) is 11.8 Å². The highest BCUT2D eigenvalue weighted by molar-refractivity contribution is 6.04. The zero-order valence-corrected chi connectivity index (χ0v) is 10.2. The molecule has 2 aromatic carbocycles. The van der Waals surface area contributed by atoms with E-state index in [-0.39, 0.29) is 0 Å². The van der Waals surface area contributed by atoms with Gasteiger partial charge in [-0.1, -0.05) is 42.5 Å². The van der Waals surface area contributed by atoms with E-state index in [1.807, 2.05) is 42.5 Å². The van der Waals surface area contributed by atoms with Crippen LogP contribution in [0.5, 0.6) is 0 Å². The van der Waals surface area contributed by atoms with Gasteiger partial charge in [-0.3, -0.25) is 9.78 Å². The molecular weight excluding hydrogens is 236 g/mol. The number of fused-ring (bicyclic) bond motifs is 1. The van der Waals surface area contributed by atoms with Crippen molar-refractivity contribution < 1.29 is 4.79 Å². The Balaban J connectivity index is 2.34. The van der Waals surface area contributed by atoms with Gasteiger partial charge in [0.1, 0.15) is 0 Å². The van der Waals surface area contributed by atoms with Crippen LogP contribution in [0.25, 0.3) is 22.0 Å². The molecule has 2 N–H and O–H groups in total. The molecule has 3 heteroatoms. The first-order valence-electron chi connectivity index (χ1n) is 6.00. The van der Waals surface area contributed by atoms with Crippen LogP contribution in [-0.4, -0.2) is 10.9 Å². The summed E-state index contributed by atoms with van der Waals surface area (Å²) in [4.78, 5) is 15.8. The van der Waals surface area contributed by atoms with Crippen LogP contribution in [0.1, 0.15) is 10.4 Å². The Hall–Kier alpha value is -2.68. The molecular formula is C16H12N2O. The molecule has 19 heavy (non-hydrogen) atoms. The van der Waals surface area contributed by atoms with Crippen LogP contribution in [-0.2, 0) is 0 Å². The highest BCUT2D eigenvalue weighted by Gasteiger charge is 2.12. The van der Waals surface area contributed by atoms with Gasteiger partial charge in [-0.05, 0) is 22.9 Å². The van der Waals surface area contributed by atoms with Gasteiger partial charge in [-0.2, -0.15) is 0 Å². The third-order valence-electron chi connectivity index (χ3n) is 3.12. The van der Waals surface area contributed by atoms with E-state index in [4.69, 9.17) is 5.73 Å². The van der Waals surface area contributed by atoms with E-state index in [1.54, 1.807) is 18.3 Å². The summed E-state index contributed by atoms with van der Waals surface area (Å²) in [5, 5.41) is 2.17. The molecule has 0 fully saturated rings. The molecule has 0 aliphatic heterocycles. The molecule has 1 heterocycles. The molecule has 1 aromatic heterocycles. The minimum Gasteiger partial charge on any atom is -0.366 e. The lowest BCUT2D eigenvalue weighted by Crippen LogP contribution is -2.13. The number of amides is 1. The molecule has 0 unspecified atom stereocenters. The topological polar surface area (TPSA) is 56.0 Å². The van der Waals surface area contributed by atoms with Gasteiger partial charge in [0.2, 0.25) is 0 Å². The molecule has 0 saturated heterocycles. The van der Waals surface area contributed by atoms with Crippen molar-refractivity contribution >= 4 is 16.7 Å². The monoisotopic (exact) mass is 248 g/mol. The first-order valence-corrected chi connectivity index (χ1v) is 6.00. The van der Waals surface area contributed by atoms with Gasteiger partial charge in [0.15, 0.2) is 0 Å². The zero-order valence-electron chi connectivity index (χ0n) is 10.2. The Morgan fingerprint density at radius 2 is 1.74 bits per heavy atom. The Bertz CT molecular complexity index is 760. The predicted molar refractivity (Wildman–Crippen MR) is 75.7 cm³/mol. The zero-order chi connectivity index (χ0) is 13.2. The second-order valence-electron chi connectivity index (χ2n) is 4.29. The van der Waals surface area contributed by atoms with Gasteiger partial charge in [0.25, 0.3) is 5.91 Å². The van der Waals surface area contributed by atoms with Crippen molar-refractivity contribution in [3.05, 3.63) is 66.4 Å². The van der Waals surface area contributed by atoms with E-state index in [9.17, 15) is 4.79 Å². The van der Waals surface area contributed by atoms with E-state index < -0.39 is 5.91 Å². The number of benzene rings is 2. The molecule has 0 saturated carbocycles. The average Bonchev–Trinajstić information content (AvgIpc) is 2.46. The van der Waals surface area contributed by atoms with Crippen LogP contribution in [0.15, 0.2) is 60.8 Å². The molecule has 3 aromatic rings. The highest BCUT2D eigenvalue weighted by atomic mass is 16.1. The minimum atomic E-state index is -0.462. The van der Waals surface area contributed by atoms with E-state index in [2.05, 4.69) is 4.98 Å². The summed E-state index contributed by atoms with van der Waals surface area (Å²) in [5.74, 6) is -0.462. The van der Waals surface area contributed by atoms with Crippen LogP contribution >= 0.6 is 0 Å². The lowest BCUT2D eigenvalue weighted by Gasteiger charge is -2.08. The second kappa shape index (κ2) is 4.53. The maximum absolute atomic E-state index is 11.5. The Morgan fingerprint density at radius 3 is 2.58 bits per heavy atom. The molecule has 0 radical (unpaired) electrons. The number of primary amides is 1. The number of hydrogen-bond donors (Lipinski definition) is 1. The third-order valence-corrected chi connectivity index (χ3v) is 3.12. The van der Waals surface area contributed by atoms with Crippen LogP contribution in [0.3, 0.4) is 0 Å². The fourth-order valence-corrected chi connectivity index (χ4v) is 2.25. The highest BCUT2D eigenvalue weighted by Crippen LogP contribution is 2.29. The van der Waals surface area contributed by atoms with Crippen molar-refractivity contribution in [2.45, 2.75) is 0 Å². The fourth-order valence-electron chi connectivity index (χ4n) is 2.25. The van der Waals surface area contributed by atoms with E-state index in [1.165, 1.54) is 0 Å². The maximum atomic E-state index is 11.5. The number of aromatic nitrogens is 1. The van der Waals surface area contributed by atoms with Crippen molar-refractivity contribution in [3.8, 4) is 11.3 Å². The van der Waals surface area contributed by atoms with Crippen molar-refractivity contribution in [2.24, 2.45) is 5.73 Å². The summed E-state index contributed by atoms with van der Waals surface area (Å²) in [6, 6.07) is 17.4. The van der Waals surface area contributed by atoms with Crippen LogP contribution in [0.4, 0.5) is 0 Å². The first-order chi connectivity index (χ1) is 9.27.